The van der Waals surface area contributed by atoms with Gasteiger partial charge in [0.05, 0.1) is 12.5 Å². The first-order valence-electron chi connectivity index (χ1n) is 7.52. The molecule has 0 unspecified atom stereocenters. The molecule has 4 nitrogen and oxygen atoms in total. The molecular formula is C18H20N2O2S. The molecule has 3 rings (SSSR count). The van der Waals surface area contributed by atoms with Crippen molar-refractivity contribution in [2.24, 2.45) is 0 Å². The minimum atomic E-state index is 0.0561. The molecule has 0 saturated heterocycles. The molecule has 0 fully saturated rings. The summed E-state index contributed by atoms with van der Waals surface area (Å²) < 4.78 is 7.24. The summed E-state index contributed by atoms with van der Waals surface area (Å²) in [6.45, 7) is 1.71. The molecule has 0 aliphatic heterocycles. The molecule has 0 atom stereocenters. The van der Waals surface area contributed by atoms with Crippen molar-refractivity contribution >= 4 is 37.2 Å². The van der Waals surface area contributed by atoms with Crippen molar-refractivity contribution < 1.29 is 4.74 Å². The van der Waals surface area contributed by atoms with Crippen LogP contribution in [-0.4, -0.2) is 39.2 Å². The molecule has 0 saturated carbocycles. The van der Waals surface area contributed by atoms with Gasteiger partial charge < -0.3 is 15.0 Å². The molecule has 0 spiro atoms. The van der Waals surface area contributed by atoms with Gasteiger partial charge in [0.15, 0.2) is 5.43 Å². The van der Waals surface area contributed by atoms with Gasteiger partial charge in [-0.3, -0.25) is 4.79 Å². The van der Waals surface area contributed by atoms with Crippen LogP contribution in [0, 0.1) is 0 Å². The van der Waals surface area contributed by atoms with E-state index in [1.165, 1.54) is 0 Å². The van der Waals surface area contributed by atoms with Crippen LogP contribution in [0.4, 0.5) is 5.69 Å². The lowest BCUT2D eigenvalue weighted by atomic mass is 10.1. The quantitative estimate of drug-likeness (QED) is 0.729. The molecule has 1 heterocycles. The first-order valence-corrected chi connectivity index (χ1v) is 8.34. The topological polar surface area (TPSA) is 41.6 Å². The van der Waals surface area contributed by atoms with Crippen molar-refractivity contribution in [3.63, 3.8) is 0 Å². The summed E-state index contributed by atoms with van der Waals surface area (Å²) >= 11 is 1.63. The molecule has 0 bridgehead atoms. The minimum Gasteiger partial charge on any atom is -0.497 e. The fourth-order valence-electron chi connectivity index (χ4n) is 2.57. The van der Waals surface area contributed by atoms with Crippen LogP contribution in [0.25, 0.3) is 20.2 Å². The van der Waals surface area contributed by atoms with Crippen molar-refractivity contribution in [1.29, 1.82) is 0 Å². The number of fused-ring (bicyclic) bond motifs is 2. The highest BCUT2D eigenvalue weighted by Crippen LogP contribution is 2.30. The van der Waals surface area contributed by atoms with Gasteiger partial charge in [-0.05, 0) is 44.4 Å². The Morgan fingerprint density at radius 1 is 1.17 bits per heavy atom. The Morgan fingerprint density at radius 3 is 2.74 bits per heavy atom. The Labute approximate surface area is 139 Å². The summed E-state index contributed by atoms with van der Waals surface area (Å²) in [5.41, 5.74) is 0.955. The smallest absolute Gasteiger partial charge is 0.198 e. The van der Waals surface area contributed by atoms with E-state index in [2.05, 4.69) is 10.2 Å². The molecule has 3 aromatic rings. The lowest BCUT2D eigenvalue weighted by Crippen LogP contribution is -2.21. The highest BCUT2D eigenvalue weighted by Gasteiger charge is 2.10. The molecule has 23 heavy (non-hydrogen) atoms. The monoisotopic (exact) mass is 328 g/mol. The summed E-state index contributed by atoms with van der Waals surface area (Å²) in [4.78, 5) is 15.1. The van der Waals surface area contributed by atoms with E-state index in [9.17, 15) is 4.79 Å². The van der Waals surface area contributed by atoms with Crippen molar-refractivity contribution in [1.82, 2.24) is 4.90 Å². The molecule has 0 amide bonds. The van der Waals surface area contributed by atoms with Gasteiger partial charge in [-0.15, -0.1) is 11.3 Å². The van der Waals surface area contributed by atoms with Crippen molar-refractivity contribution in [2.75, 3.05) is 39.6 Å². The molecule has 0 radical (unpaired) electrons. The van der Waals surface area contributed by atoms with Crippen LogP contribution >= 0.6 is 11.3 Å². The number of methoxy groups -OCH3 is 1. The largest absolute Gasteiger partial charge is 0.497 e. The Bertz CT molecular complexity index is 903. The van der Waals surface area contributed by atoms with Gasteiger partial charge in [0.25, 0.3) is 0 Å². The van der Waals surface area contributed by atoms with Crippen LogP contribution in [0.5, 0.6) is 5.75 Å². The van der Waals surface area contributed by atoms with E-state index < -0.39 is 0 Å². The Kier molecular flexibility index (Phi) is 4.50. The van der Waals surface area contributed by atoms with Crippen LogP contribution in [0.15, 0.2) is 41.2 Å². The zero-order chi connectivity index (χ0) is 16.4. The van der Waals surface area contributed by atoms with Gasteiger partial charge in [-0.1, -0.05) is 6.07 Å². The van der Waals surface area contributed by atoms with Crippen molar-refractivity contribution in [2.45, 2.75) is 0 Å². The maximum Gasteiger partial charge on any atom is 0.198 e. The second kappa shape index (κ2) is 6.56. The van der Waals surface area contributed by atoms with E-state index >= 15 is 0 Å². The van der Waals surface area contributed by atoms with Crippen molar-refractivity contribution in [3.8, 4) is 5.75 Å². The zero-order valence-electron chi connectivity index (χ0n) is 13.6. The fraction of sp³-hybridized carbons (Fsp3) is 0.278. The van der Waals surface area contributed by atoms with E-state index in [0.29, 0.717) is 11.1 Å². The van der Waals surface area contributed by atoms with E-state index in [1.54, 1.807) is 18.4 Å². The first kappa shape index (κ1) is 15.8. The van der Waals surface area contributed by atoms with Gasteiger partial charge in [-0.2, -0.15) is 0 Å². The maximum atomic E-state index is 13.0. The van der Waals surface area contributed by atoms with Gasteiger partial charge in [0.1, 0.15) is 5.75 Å². The lowest BCUT2D eigenvalue weighted by Gasteiger charge is -2.13. The second-order valence-electron chi connectivity index (χ2n) is 5.70. The van der Waals surface area contributed by atoms with E-state index in [1.807, 2.05) is 50.5 Å². The number of ether oxygens (including phenoxy) is 1. The summed E-state index contributed by atoms with van der Waals surface area (Å²) in [5.74, 6) is 0.708. The average molecular weight is 328 g/mol. The SMILES string of the molecule is COc1ccc2sc3cccc(NCCN(C)C)c3c(=O)c2c1. The fourth-order valence-corrected chi connectivity index (χ4v) is 3.65. The zero-order valence-corrected chi connectivity index (χ0v) is 14.4. The summed E-state index contributed by atoms with van der Waals surface area (Å²) in [6.07, 6.45) is 0. The number of likely N-dealkylation sites (N-methyl/N-ethyl adjacent to an activating group) is 1. The first-order chi connectivity index (χ1) is 11.1. The number of hydrogen-bond acceptors (Lipinski definition) is 5. The number of rotatable bonds is 5. The predicted molar refractivity (Wildman–Crippen MR) is 99.2 cm³/mol. The van der Waals surface area contributed by atoms with Gasteiger partial charge in [0.2, 0.25) is 0 Å². The number of benzene rings is 2. The van der Waals surface area contributed by atoms with Crippen LogP contribution < -0.4 is 15.5 Å². The van der Waals surface area contributed by atoms with Gasteiger partial charge in [-0.25, -0.2) is 0 Å². The van der Waals surface area contributed by atoms with Crippen LogP contribution in [0.2, 0.25) is 0 Å². The minimum absolute atomic E-state index is 0.0561. The van der Waals surface area contributed by atoms with E-state index in [-0.39, 0.29) is 5.43 Å². The van der Waals surface area contributed by atoms with E-state index in [4.69, 9.17) is 4.74 Å². The Morgan fingerprint density at radius 2 is 2.00 bits per heavy atom. The normalized spacial score (nSPS) is 11.3. The number of anilines is 1. The lowest BCUT2D eigenvalue weighted by molar-refractivity contribution is 0.415. The number of nitrogens with one attached hydrogen (secondary N) is 1. The molecule has 0 aliphatic carbocycles. The third-order valence-corrected chi connectivity index (χ3v) is 4.92. The van der Waals surface area contributed by atoms with Gasteiger partial charge >= 0.3 is 0 Å². The van der Waals surface area contributed by atoms with Crippen LogP contribution in [0.3, 0.4) is 0 Å². The van der Waals surface area contributed by atoms with E-state index in [0.717, 1.165) is 33.6 Å². The Hall–Kier alpha value is -2.11. The molecule has 120 valence electrons. The molecule has 0 aliphatic rings. The molecule has 2 aromatic carbocycles. The summed E-state index contributed by atoms with van der Waals surface area (Å²) in [7, 11) is 5.68. The standard InChI is InChI=1S/C18H20N2O2S/c1-20(2)10-9-19-14-5-4-6-16-17(14)18(21)13-11-12(22-3)7-8-15(13)23-16/h4-8,11,19H,9-10H2,1-3H3. The second-order valence-corrected chi connectivity index (χ2v) is 6.79. The van der Waals surface area contributed by atoms with Crippen LogP contribution in [0.1, 0.15) is 0 Å². The maximum absolute atomic E-state index is 13.0. The van der Waals surface area contributed by atoms with Gasteiger partial charge in [0, 0.05) is 33.6 Å². The highest BCUT2D eigenvalue weighted by molar-refractivity contribution is 7.24. The third-order valence-electron chi connectivity index (χ3n) is 3.78. The molecule has 1 aromatic heterocycles. The average Bonchev–Trinajstić information content (AvgIpc) is 2.54. The molecule has 5 heteroatoms. The Balaban J connectivity index is 2.15. The summed E-state index contributed by atoms with van der Waals surface area (Å²) in [5, 5.41) is 4.86. The van der Waals surface area contributed by atoms with Crippen LogP contribution in [-0.2, 0) is 0 Å². The third kappa shape index (κ3) is 3.16. The predicted octanol–water partition coefficient (Wildman–Crippen LogP) is 3.40. The summed E-state index contributed by atoms with van der Waals surface area (Å²) in [6, 6.07) is 11.6. The highest BCUT2D eigenvalue weighted by atomic mass is 32.1. The number of nitrogens with zero attached hydrogens (tertiary/aromatic N) is 1. The van der Waals surface area contributed by atoms with Crippen molar-refractivity contribution in [3.05, 3.63) is 46.6 Å². The molecule has 1 N–H and O–H groups in total. The molecular weight excluding hydrogens is 308 g/mol. The number of hydrogen-bond donors (Lipinski definition) is 1.